The minimum absolute atomic E-state index is 0.0441. The summed E-state index contributed by atoms with van der Waals surface area (Å²) in [5.41, 5.74) is 3.07. The molecule has 2 N–H and O–H groups in total. The molecular formula is C20H22N2O4. The third-order valence-corrected chi connectivity index (χ3v) is 3.59. The summed E-state index contributed by atoms with van der Waals surface area (Å²) in [5, 5.41) is 5.37. The maximum Gasteiger partial charge on any atom is 0.311 e. The number of anilines is 2. The molecular weight excluding hydrogens is 332 g/mol. The molecule has 0 aliphatic heterocycles. The van der Waals surface area contributed by atoms with Crippen LogP contribution in [0.25, 0.3) is 0 Å². The number of carbonyl (C=O) groups excluding carboxylic acids is 3. The van der Waals surface area contributed by atoms with Crippen molar-refractivity contribution < 1.29 is 19.1 Å². The van der Waals surface area contributed by atoms with Crippen LogP contribution in [-0.4, -0.2) is 23.9 Å². The number of hydrogen-bond acceptors (Lipinski definition) is 4. The van der Waals surface area contributed by atoms with Crippen molar-refractivity contribution in [1.29, 1.82) is 0 Å². The highest BCUT2D eigenvalue weighted by Crippen LogP contribution is 2.12. The van der Waals surface area contributed by atoms with Gasteiger partial charge in [-0.15, -0.1) is 0 Å². The molecule has 1 atom stereocenters. The standard InChI is InChI=1S/C20H22N2O4/c1-13-5-4-6-18(11-13)22-20(25)14(2)26-19(24)12-16-7-9-17(10-8-16)21-15(3)23/h4-11,14H,12H2,1-3H3,(H,21,23)(H,22,25)/t14-/m1/s1. The number of amides is 2. The maximum atomic E-state index is 12.1. The van der Waals surface area contributed by atoms with Gasteiger partial charge in [-0.2, -0.15) is 0 Å². The average molecular weight is 354 g/mol. The van der Waals surface area contributed by atoms with E-state index in [2.05, 4.69) is 10.6 Å². The molecule has 6 nitrogen and oxygen atoms in total. The molecule has 2 aromatic carbocycles. The summed E-state index contributed by atoms with van der Waals surface area (Å²) in [7, 11) is 0. The quantitative estimate of drug-likeness (QED) is 0.781. The van der Waals surface area contributed by atoms with E-state index in [4.69, 9.17) is 4.74 Å². The van der Waals surface area contributed by atoms with Crippen LogP contribution in [0.4, 0.5) is 11.4 Å². The van der Waals surface area contributed by atoms with E-state index in [9.17, 15) is 14.4 Å². The fourth-order valence-corrected chi connectivity index (χ4v) is 2.33. The Morgan fingerprint density at radius 2 is 1.69 bits per heavy atom. The molecule has 0 saturated heterocycles. The van der Waals surface area contributed by atoms with Gasteiger partial charge in [0.15, 0.2) is 6.10 Å². The molecule has 0 aliphatic carbocycles. The van der Waals surface area contributed by atoms with Gasteiger partial charge in [-0.1, -0.05) is 24.3 Å². The molecule has 0 aromatic heterocycles. The summed E-state index contributed by atoms with van der Waals surface area (Å²) in [6.07, 6.45) is -0.857. The number of benzene rings is 2. The van der Waals surface area contributed by atoms with E-state index in [1.54, 1.807) is 30.3 Å². The summed E-state index contributed by atoms with van der Waals surface area (Å²) >= 11 is 0. The van der Waals surface area contributed by atoms with E-state index in [0.29, 0.717) is 11.4 Å². The first kappa shape index (κ1) is 19.2. The second-order valence-electron chi connectivity index (χ2n) is 6.05. The molecule has 2 amide bonds. The predicted octanol–water partition coefficient (Wildman–Crippen LogP) is 3.07. The lowest BCUT2D eigenvalue weighted by molar-refractivity contribution is -0.152. The second kappa shape index (κ2) is 8.80. The Kier molecular flexibility index (Phi) is 6.49. The lowest BCUT2D eigenvalue weighted by Crippen LogP contribution is -2.30. The Morgan fingerprint density at radius 3 is 2.31 bits per heavy atom. The molecule has 26 heavy (non-hydrogen) atoms. The van der Waals surface area contributed by atoms with Gasteiger partial charge in [-0.05, 0) is 49.2 Å². The van der Waals surface area contributed by atoms with Gasteiger partial charge < -0.3 is 15.4 Å². The summed E-state index contributed by atoms with van der Waals surface area (Å²) in [4.78, 5) is 35.1. The van der Waals surface area contributed by atoms with Crippen molar-refractivity contribution in [2.75, 3.05) is 10.6 Å². The highest BCUT2D eigenvalue weighted by molar-refractivity contribution is 5.95. The zero-order chi connectivity index (χ0) is 19.1. The first-order chi connectivity index (χ1) is 12.3. The summed E-state index contributed by atoms with van der Waals surface area (Å²) in [5.74, 6) is -1.04. The van der Waals surface area contributed by atoms with Crippen LogP contribution in [-0.2, 0) is 25.5 Å². The van der Waals surface area contributed by atoms with Crippen molar-refractivity contribution in [3.8, 4) is 0 Å². The average Bonchev–Trinajstić information content (AvgIpc) is 2.56. The van der Waals surface area contributed by atoms with E-state index < -0.39 is 12.1 Å². The molecule has 0 bridgehead atoms. The minimum Gasteiger partial charge on any atom is -0.452 e. The second-order valence-corrected chi connectivity index (χ2v) is 6.05. The van der Waals surface area contributed by atoms with Crippen LogP contribution in [0.1, 0.15) is 25.0 Å². The zero-order valence-corrected chi connectivity index (χ0v) is 15.0. The monoisotopic (exact) mass is 354 g/mol. The van der Waals surface area contributed by atoms with Gasteiger partial charge in [0.25, 0.3) is 5.91 Å². The number of rotatable bonds is 6. The molecule has 136 valence electrons. The molecule has 2 aromatic rings. The maximum absolute atomic E-state index is 12.1. The number of aryl methyl sites for hydroxylation is 1. The Bertz CT molecular complexity index is 800. The van der Waals surface area contributed by atoms with Gasteiger partial charge in [0.1, 0.15) is 0 Å². The van der Waals surface area contributed by atoms with Crippen LogP contribution in [0.3, 0.4) is 0 Å². The Hall–Kier alpha value is -3.15. The summed E-state index contributed by atoms with van der Waals surface area (Å²) in [6.45, 7) is 4.88. The minimum atomic E-state index is -0.901. The molecule has 0 fully saturated rings. The topological polar surface area (TPSA) is 84.5 Å². The number of nitrogens with one attached hydrogen (secondary N) is 2. The van der Waals surface area contributed by atoms with Crippen LogP contribution in [0.15, 0.2) is 48.5 Å². The van der Waals surface area contributed by atoms with Gasteiger partial charge >= 0.3 is 5.97 Å². The summed E-state index contributed by atoms with van der Waals surface area (Å²) in [6, 6.07) is 14.2. The van der Waals surface area contributed by atoms with Gasteiger partial charge in [0.05, 0.1) is 6.42 Å². The van der Waals surface area contributed by atoms with Crippen LogP contribution >= 0.6 is 0 Å². The van der Waals surface area contributed by atoms with Crippen LogP contribution in [0, 0.1) is 6.92 Å². The van der Waals surface area contributed by atoms with Crippen molar-refractivity contribution in [3.05, 3.63) is 59.7 Å². The van der Waals surface area contributed by atoms with E-state index in [1.807, 2.05) is 25.1 Å². The van der Waals surface area contributed by atoms with Crippen LogP contribution in [0.5, 0.6) is 0 Å². The van der Waals surface area contributed by atoms with E-state index >= 15 is 0 Å². The Balaban J connectivity index is 1.86. The van der Waals surface area contributed by atoms with E-state index in [-0.39, 0.29) is 18.2 Å². The molecule has 0 unspecified atom stereocenters. The Morgan fingerprint density at radius 1 is 1.00 bits per heavy atom. The SMILES string of the molecule is CC(=O)Nc1ccc(CC(=O)O[C@H](C)C(=O)Nc2cccc(C)c2)cc1. The molecule has 6 heteroatoms. The highest BCUT2D eigenvalue weighted by Gasteiger charge is 2.18. The summed E-state index contributed by atoms with van der Waals surface area (Å²) < 4.78 is 5.19. The smallest absolute Gasteiger partial charge is 0.311 e. The van der Waals surface area contributed by atoms with Crippen molar-refractivity contribution in [3.63, 3.8) is 0 Å². The van der Waals surface area contributed by atoms with Gasteiger partial charge in [0.2, 0.25) is 5.91 Å². The third-order valence-electron chi connectivity index (χ3n) is 3.59. The zero-order valence-electron chi connectivity index (χ0n) is 15.0. The van der Waals surface area contributed by atoms with E-state index in [1.165, 1.54) is 13.8 Å². The lowest BCUT2D eigenvalue weighted by atomic mass is 10.1. The van der Waals surface area contributed by atoms with Crippen molar-refractivity contribution in [2.24, 2.45) is 0 Å². The molecule has 0 radical (unpaired) electrons. The number of hydrogen-bond donors (Lipinski definition) is 2. The fraction of sp³-hybridized carbons (Fsp3) is 0.250. The molecule has 0 aliphatic rings. The molecule has 0 spiro atoms. The third kappa shape index (κ3) is 6.05. The number of ether oxygens (including phenoxy) is 1. The molecule has 0 saturated carbocycles. The highest BCUT2D eigenvalue weighted by atomic mass is 16.5. The van der Waals surface area contributed by atoms with E-state index in [0.717, 1.165) is 11.1 Å². The molecule has 0 heterocycles. The first-order valence-corrected chi connectivity index (χ1v) is 8.27. The Labute approximate surface area is 152 Å². The number of esters is 1. The molecule has 2 rings (SSSR count). The largest absolute Gasteiger partial charge is 0.452 e. The van der Waals surface area contributed by atoms with Gasteiger partial charge in [0, 0.05) is 18.3 Å². The van der Waals surface area contributed by atoms with Crippen molar-refractivity contribution >= 4 is 29.2 Å². The predicted molar refractivity (Wildman–Crippen MR) is 99.8 cm³/mol. The first-order valence-electron chi connectivity index (χ1n) is 8.27. The van der Waals surface area contributed by atoms with Crippen LogP contribution < -0.4 is 10.6 Å². The van der Waals surface area contributed by atoms with Crippen LogP contribution in [0.2, 0.25) is 0 Å². The lowest BCUT2D eigenvalue weighted by Gasteiger charge is -2.14. The van der Waals surface area contributed by atoms with Crippen molar-refractivity contribution in [1.82, 2.24) is 0 Å². The van der Waals surface area contributed by atoms with Gasteiger partial charge in [-0.25, -0.2) is 0 Å². The fourth-order valence-electron chi connectivity index (χ4n) is 2.33. The van der Waals surface area contributed by atoms with Gasteiger partial charge in [-0.3, -0.25) is 14.4 Å². The number of carbonyl (C=O) groups is 3. The van der Waals surface area contributed by atoms with Crippen molar-refractivity contribution in [2.45, 2.75) is 33.3 Å². The normalized spacial score (nSPS) is 11.3.